The highest BCUT2D eigenvalue weighted by atomic mass is 32.2. The number of thioether (sulfide) groups is 1. The van der Waals surface area contributed by atoms with Crippen LogP contribution in [0.4, 0.5) is 14.4 Å². The van der Waals surface area contributed by atoms with Crippen molar-refractivity contribution in [2.45, 2.75) is 45.2 Å². The Kier molecular flexibility index (Phi) is 11.6. The highest BCUT2D eigenvalue weighted by Gasteiger charge is 2.25. The molecule has 0 saturated carbocycles. The van der Waals surface area contributed by atoms with Crippen LogP contribution in [0.1, 0.15) is 45.6 Å². The second-order valence-corrected chi connectivity index (χ2v) is 11.0. The molecule has 3 rings (SSSR count). The molecular weight excluding hydrogens is 568 g/mol. The zero-order valence-electron chi connectivity index (χ0n) is 25.8. The number of nitrogens with zero attached hydrogens (tertiary/aromatic N) is 4. The first-order chi connectivity index (χ1) is 20.5. The smallest absolute Gasteiger partial charge is 0.410 e. The summed E-state index contributed by atoms with van der Waals surface area (Å²) < 4.78 is 13.1. The molecule has 43 heavy (non-hydrogen) atoms. The van der Waals surface area contributed by atoms with Crippen molar-refractivity contribution in [3.05, 3.63) is 66.7 Å². The number of aromatic nitrogens is 2. The largest absolute Gasteiger partial charge is 0.412 e. The van der Waals surface area contributed by atoms with Gasteiger partial charge in [0.25, 0.3) is 5.24 Å². The fourth-order valence-electron chi connectivity index (χ4n) is 4.11. The molecule has 0 unspecified atom stereocenters. The molecule has 3 amide bonds. The summed E-state index contributed by atoms with van der Waals surface area (Å²) in [6, 6.07) is 3.33. The van der Waals surface area contributed by atoms with E-state index in [0.717, 1.165) is 23.9 Å². The molecule has 0 atom stereocenters. The van der Waals surface area contributed by atoms with Gasteiger partial charge in [0.05, 0.1) is 11.9 Å². The van der Waals surface area contributed by atoms with Crippen molar-refractivity contribution in [2.75, 3.05) is 34.2 Å². The van der Waals surface area contributed by atoms with Gasteiger partial charge in [0.15, 0.2) is 5.16 Å². The van der Waals surface area contributed by atoms with Crippen molar-refractivity contribution in [3.8, 4) is 22.8 Å². The molecule has 2 heterocycles. The molecule has 0 radical (unpaired) electrons. The summed E-state index contributed by atoms with van der Waals surface area (Å²) >= 11 is 0.950. The number of allylic oxidation sites excluding steroid dienone is 5. The lowest BCUT2D eigenvalue weighted by Gasteiger charge is -2.20. The van der Waals surface area contributed by atoms with E-state index >= 15 is 0 Å². The Bertz CT molecular complexity index is 1460. The Labute approximate surface area is 257 Å². The van der Waals surface area contributed by atoms with Crippen molar-refractivity contribution in [1.29, 1.82) is 0 Å². The number of amides is 3. The van der Waals surface area contributed by atoms with Gasteiger partial charge in [-0.3, -0.25) is 9.36 Å². The highest BCUT2D eigenvalue weighted by Crippen LogP contribution is 2.41. The number of hydrogen-bond acceptors (Lipinski definition) is 8. The molecule has 0 bridgehead atoms. The van der Waals surface area contributed by atoms with Crippen LogP contribution in [0.15, 0.2) is 66.3 Å². The molecular formula is C31H40N6O5S. The number of hydrogen-bond donors (Lipinski definition) is 2. The first kappa shape index (κ1) is 33.1. The Balaban J connectivity index is 2.20. The molecule has 11 nitrogen and oxygen atoms in total. The van der Waals surface area contributed by atoms with Crippen molar-refractivity contribution < 1.29 is 23.9 Å². The molecule has 0 spiro atoms. The molecule has 2 N–H and O–H groups in total. The molecule has 1 aliphatic rings. The van der Waals surface area contributed by atoms with E-state index in [4.69, 9.17) is 9.47 Å². The van der Waals surface area contributed by atoms with E-state index in [1.54, 1.807) is 38.7 Å². The fourth-order valence-corrected chi connectivity index (χ4v) is 4.86. The van der Waals surface area contributed by atoms with Gasteiger partial charge in [-0.05, 0) is 49.7 Å². The summed E-state index contributed by atoms with van der Waals surface area (Å²) in [5.74, 6) is 0.338. The van der Waals surface area contributed by atoms with Crippen LogP contribution < -0.4 is 20.1 Å². The lowest BCUT2D eigenvalue weighted by atomic mass is 9.97. The van der Waals surface area contributed by atoms with Gasteiger partial charge in [-0.1, -0.05) is 32.6 Å². The normalized spacial score (nSPS) is 13.6. The van der Waals surface area contributed by atoms with Gasteiger partial charge < -0.3 is 29.9 Å². The number of carbonyl (C=O) groups is 3. The third-order valence-corrected chi connectivity index (χ3v) is 7.31. The summed E-state index contributed by atoms with van der Waals surface area (Å²) in [4.78, 5) is 45.8. The quantitative estimate of drug-likeness (QED) is 0.234. The molecule has 0 saturated heterocycles. The number of benzene rings is 1. The van der Waals surface area contributed by atoms with Crippen molar-refractivity contribution in [3.63, 3.8) is 0 Å². The van der Waals surface area contributed by atoms with Gasteiger partial charge in [0.1, 0.15) is 11.5 Å². The highest BCUT2D eigenvalue weighted by molar-refractivity contribution is 8.13. The minimum Gasteiger partial charge on any atom is -0.410 e. The molecule has 2 aromatic rings. The second kappa shape index (κ2) is 15.1. The maximum Gasteiger partial charge on any atom is 0.412 e. The maximum absolute atomic E-state index is 12.7. The van der Waals surface area contributed by atoms with E-state index in [1.165, 1.54) is 11.0 Å². The molecule has 0 fully saturated rings. The van der Waals surface area contributed by atoms with Gasteiger partial charge in [0.2, 0.25) is 0 Å². The van der Waals surface area contributed by atoms with Crippen LogP contribution >= 0.6 is 11.8 Å². The summed E-state index contributed by atoms with van der Waals surface area (Å²) in [5, 5.41) is 5.41. The predicted octanol–water partition coefficient (Wildman–Crippen LogP) is 6.42. The van der Waals surface area contributed by atoms with Crippen LogP contribution in [0.5, 0.6) is 11.5 Å². The van der Waals surface area contributed by atoms with Crippen LogP contribution in [0.3, 0.4) is 0 Å². The summed E-state index contributed by atoms with van der Waals surface area (Å²) in [6.07, 6.45) is 10.9. The number of carbonyl (C=O) groups excluding carboxylic acids is 3. The minimum atomic E-state index is -0.673. The average molecular weight is 609 g/mol. The second-order valence-electron chi connectivity index (χ2n) is 10.1. The van der Waals surface area contributed by atoms with E-state index in [-0.39, 0.29) is 22.7 Å². The van der Waals surface area contributed by atoms with E-state index in [9.17, 15) is 14.4 Å². The Morgan fingerprint density at radius 1 is 1.12 bits per heavy atom. The molecule has 12 heteroatoms. The van der Waals surface area contributed by atoms with Crippen LogP contribution in [-0.4, -0.2) is 71.0 Å². The van der Waals surface area contributed by atoms with E-state index < -0.39 is 12.2 Å². The summed E-state index contributed by atoms with van der Waals surface area (Å²) in [5.41, 5.74) is 3.39. The van der Waals surface area contributed by atoms with Crippen molar-refractivity contribution in [2.24, 2.45) is 0 Å². The molecule has 230 valence electrons. The Hall–Kier alpha value is -4.45. The van der Waals surface area contributed by atoms with Crippen molar-refractivity contribution in [1.82, 2.24) is 30.0 Å². The molecule has 1 aromatic heterocycles. The summed E-state index contributed by atoms with van der Waals surface area (Å²) in [6.45, 7) is 12.5. The lowest BCUT2D eigenvalue weighted by molar-refractivity contribution is 0.199. The minimum absolute atomic E-state index is 0.0611. The Morgan fingerprint density at radius 3 is 2.33 bits per heavy atom. The van der Waals surface area contributed by atoms with Crippen molar-refractivity contribution >= 4 is 34.9 Å². The van der Waals surface area contributed by atoms with Gasteiger partial charge >= 0.3 is 12.2 Å². The van der Waals surface area contributed by atoms with Gasteiger partial charge in [-0.25, -0.2) is 14.6 Å². The van der Waals surface area contributed by atoms with Crippen LogP contribution in [0, 0.1) is 0 Å². The standard InChI is InChI=1S/C31H40N6O5S/c1-9-32-29(38)41-26-18-27(42-30(39)33-10-2)24(17-23(26)20(3)4)25-19-34-28(43-31(40)35(6)7)37(25)21(5)13-11-14-22-15-12-16-36(22)8/h11-14,16-20H,5,9-10,15H2,1-4,6-8H3,(H,32,38)(H,33,39)/b13-11-,22-14+. The van der Waals surface area contributed by atoms with Crippen LogP contribution in [0.25, 0.3) is 17.0 Å². The first-order valence-electron chi connectivity index (χ1n) is 14.0. The molecule has 1 aromatic carbocycles. The SMILES string of the molecule is C=C(/C=C\C=C1/CC=CN1C)n1c(-c2cc(C(C)C)c(OC(=O)NCC)cc2OC(=O)NCC)cnc1SC(=O)N(C)C. The summed E-state index contributed by atoms with van der Waals surface area (Å²) in [7, 11) is 5.31. The number of ether oxygens (including phenoxy) is 2. The molecule has 0 aliphatic carbocycles. The number of nitrogens with one attached hydrogen (secondary N) is 2. The monoisotopic (exact) mass is 608 g/mol. The fraction of sp³-hybridized carbons (Fsp3) is 0.355. The van der Waals surface area contributed by atoms with Gasteiger partial charge in [-0.2, -0.15) is 0 Å². The maximum atomic E-state index is 12.7. The molecule has 1 aliphatic heterocycles. The van der Waals surface area contributed by atoms with Crippen LogP contribution in [0.2, 0.25) is 0 Å². The third kappa shape index (κ3) is 8.54. The third-order valence-electron chi connectivity index (χ3n) is 6.30. The topological polar surface area (TPSA) is 118 Å². The Morgan fingerprint density at radius 2 is 1.77 bits per heavy atom. The van der Waals surface area contributed by atoms with E-state index in [1.807, 2.05) is 56.3 Å². The van der Waals surface area contributed by atoms with E-state index in [2.05, 4.69) is 28.3 Å². The number of imidazole rings is 1. The lowest BCUT2D eigenvalue weighted by Crippen LogP contribution is -2.27. The number of rotatable bonds is 10. The van der Waals surface area contributed by atoms with Gasteiger partial charge in [0, 0.05) is 75.4 Å². The zero-order chi connectivity index (χ0) is 31.7. The van der Waals surface area contributed by atoms with E-state index in [0.29, 0.717) is 40.8 Å². The predicted molar refractivity (Wildman–Crippen MR) is 170 cm³/mol. The zero-order valence-corrected chi connectivity index (χ0v) is 26.6. The first-order valence-corrected chi connectivity index (χ1v) is 14.8. The average Bonchev–Trinajstić information content (AvgIpc) is 3.54. The van der Waals surface area contributed by atoms with Gasteiger partial charge in [-0.15, -0.1) is 0 Å². The van der Waals surface area contributed by atoms with Crippen LogP contribution in [-0.2, 0) is 0 Å².